The molecule has 6 heteroatoms. The number of methoxy groups -OCH3 is 1. The molecular formula is C25H22N2O4. The monoisotopic (exact) mass is 414 g/mol. The van der Waals surface area contributed by atoms with Gasteiger partial charge in [-0.2, -0.15) is 0 Å². The van der Waals surface area contributed by atoms with Crippen LogP contribution >= 0.6 is 0 Å². The Bertz CT molecular complexity index is 1090. The molecule has 1 saturated heterocycles. The first kappa shape index (κ1) is 19.3. The second-order valence-electron chi connectivity index (χ2n) is 8.16. The van der Waals surface area contributed by atoms with Crippen LogP contribution in [-0.4, -0.2) is 24.8 Å². The van der Waals surface area contributed by atoms with Gasteiger partial charge in [0.15, 0.2) is 0 Å². The van der Waals surface area contributed by atoms with E-state index in [-0.39, 0.29) is 41.4 Å². The first-order valence-corrected chi connectivity index (χ1v) is 10.3. The van der Waals surface area contributed by atoms with Crippen molar-refractivity contribution >= 4 is 35.2 Å². The van der Waals surface area contributed by atoms with Crippen LogP contribution in [0.3, 0.4) is 0 Å². The summed E-state index contributed by atoms with van der Waals surface area (Å²) in [6.45, 7) is 0. The molecule has 2 fully saturated rings. The Morgan fingerprint density at radius 3 is 2.35 bits per heavy atom. The zero-order chi connectivity index (χ0) is 21.5. The van der Waals surface area contributed by atoms with Crippen molar-refractivity contribution in [1.82, 2.24) is 0 Å². The van der Waals surface area contributed by atoms with E-state index in [1.807, 2.05) is 6.07 Å². The van der Waals surface area contributed by atoms with Gasteiger partial charge in [0.1, 0.15) is 5.75 Å². The summed E-state index contributed by atoms with van der Waals surface area (Å²) in [5.41, 5.74) is 1.95. The molecule has 0 spiro atoms. The number of hydrogen-bond donors (Lipinski definition) is 1. The highest BCUT2D eigenvalue weighted by Gasteiger charge is 2.59. The van der Waals surface area contributed by atoms with E-state index < -0.39 is 0 Å². The Morgan fingerprint density at radius 2 is 1.71 bits per heavy atom. The normalized spacial score (nSPS) is 26.0. The number of carbonyl (C=O) groups is 3. The highest BCUT2D eigenvalue weighted by molar-refractivity contribution is 6.22. The van der Waals surface area contributed by atoms with E-state index in [2.05, 4.69) is 17.5 Å². The predicted octanol–water partition coefficient (Wildman–Crippen LogP) is 3.66. The molecule has 1 aliphatic heterocycles. The minimum absolute atomic E-state index is 0.106. The molecule has 156 valence electrons. The third kappa shape index (κ3) is 3.34. The summed E-state index contributed by atoms with van der Waals surface area (Å²) < 4.78 is 5.11. The molecule has 2 aromatic rings. The fourth-order valence-corrected chi connectivity index (χ4v) is 4.95. The number of ether oxygens (including phenoxy) is 1. The maximum absolute atomic E-state index is 13.0. The lowest BCUT2D eigenvalue weighted by molar-refractivity contribution is -0.123. The van der Waals surface area contributed by atoms with E-state index in [0.29, 0.717) is 17.1 Å². The van der Waals surface area contributed by atoms with E-state index in [9.17, 15) is 14.4 Å². The zero-order valence-electron chi connectivity index (χ0n) is 17.0. The maximum atomic E-state index is 13.0. The number of anilines is 2. The lowest BCUT2D eigenvalue weighted by Crippen LogP contribution is -2.32. The molecule has 2 aromatic carbocycles. The highest BCUT2D eigenvalue weighted by atomic mass is 16.5. The van der Waals surface area contributed by atoms with Crippen molar-refractivity contribution in [3.63, 3.8) is 0 Å². The fourth-order valence-electron chi connectivity index (χ4n) is 4.95. The molecule has 4 atom stereocenters. The molecule has 1 saturated carbocycles. The number of amides is 3. The summed E-state index contributed by atoms with van der Waals surface area (Å²) >= 11 is 0. The summed E-state index contributed by atoms with van der Waals surface area (Å²) in [6, 6.07) is 14.2. The third-order valence-electron chi connectivity index (χ3n) is 6.38. The smallest absolute Gasteiger partial charge is 0.248 e. The Kier molecular flexibility index (Phi) is 4.70. The molecule has 5 rings (SSSR count). The molecule has 0 radical (unpaired) electrons. The minimum atomic E-state index is -0.277. The van der Waals surface area contributed by atoms with Gasteiger partial charge in [0, 0.05) is 11.8 Å². The lowest BCUT2D eigenvalue weighted by Gasteiger charge is -2.17. The predicted molar refractivity (Wildman–Crippen MR) is 117 cm³/mol. The van der Waals surface area contributed by atoms with Crippen LogP contribution in [0.2, 0.25) is 0 Å². The van der Waals surface area contributed by atoms with Crippen LogP contribution in [0.1, 0.15) is 12.0 Å². The highest BCUT2D eigenvalue weighted by Crippen LogP contribution is 2.53. The summed E-state index contributed by atoms with van der Waals surface area (Å²) in [4.78, 5) is 39.6. The second-order valence-corrected chi connectivity index (χ2v) is 8.16. The summed E-state index contributed by atoms with van der Waals surface area (Å²) in [5, 5.41) is 2.78. The van der Waals surface area contributed by atoms with Crippen molar-refractivity contribution in [2.45, 2.75) is 6.42 Å². The van der Waals surface area contributed by atoms with Crippen LogP contribution in [0.25, 0.3) is 6.08 Å². The topological polar surface area (TPSA) is 75.7 Å². The molecule has 1 N–H and O–H groups in total. The van der Waals surface area contributed by atoms with Crippen molar-refractivity contribution < 1.29 is 19.1 Å². The average Bonchev–Trinajstić information content (AvgIpc) is 3.47. The van der Waals surface area contributed by atoms with E-state index in [4.69, 9.17) is 4.74 Å². The van der Waals surface area contributed by atoms with Crippen LogP contribution in [0.4, 0.5) is 11.4 Å². The Balaban J connectivity index is 1.30. The lowest BCUT2D eigenvalue weighted by atomic mass is 9.85. The number of imide groups is 1. The summed E-state index contributed by atoms with van der Waals surface area (Å²) in [6.07, 6.45) is 8.17. The van der Waals surface area contributed by atoms with Crippen molar-refractivity contribution in [3.05, 3.63) is 72.3 Å². The van der Waals surface area contributed by atoms with E-state index in [0.717, 1.165) is 12.0 Å². The molecule has 6 nitrogen and oxygen atoms in total. The molecular weight excluding hydrogens is 392 g/mol. The van der Waals surface area contributed by atoms with Crippen molar-refractivity contribution in [2.75, 3.05) is 17.3 Å². The van der Waals surface area contributed by atoms with Gasteiger partial charge in [-0.05, 0) is 66.3 Å². The van der Waals surface area contributed by atoms with Crippen LogP contribution in [0.15, 0.2) is 66.8 Å². The molecule has 2 bridgehead atoms. The first-order chi connectivity index (χ1) is 15.0. The van der Waals surface area contributed by atoms with Crippen molar-refractivity contribution in [1.29, 1.82) is 0 Å². The van der Waals surface area contributed by atoms with Gasteiger partial charge in [0.2, 0.25) is 17.7 Å². The van der Waals surface area contributed by atoms with Crippen LogP contribution < -0.4 is 15.0 Å². The van der Waals surface area contributed by atoms with E-state index in [1.165, 1.54) is 11.0 Å². The maximum Gasteiger partial charge on any atom is 0.248 e. The molecule has 3 amide bonds. The van der Waals surface area contributed by atoms with Gasteiger partial charge in [-0.15, -0.1) is 0 Å². The average molecular weight is 414 g/mol. The number of fused-ring (bicyclic) bond motifs is 5. The van der Waals surface area contributed by atoms with Gasteiger partial charge in [-0.25, -0.2) is 4.90 Å². The SMILES string of the molecule is COc1ccc(NC(=O)/C=C/c2cccc(N3C(=O)[C@@H]4[C@H](C3=O)[C@@H]3C=C[C@@H]4C3)c2)cc1. The van der Waals surface area contributed by atoms with Crippen LogP contribution in [-0.2, 0) is 14.4 Å². The number of rotatable bonds is 5. The number of carbonyl (C=O) groups excluding carboxylic acids is 3. The Morgan fingerprint density at radius 1 is 1.03 bits per heavy atom. The zero-order valence-corrected chi connectivity index (χ0v) is 17.0. The minimum Gasteiger partial charge on any atom is -0.497 e. The quantitative estimate of drug-likeness (QED) is 0.460. The molecule has 0 unspecified atom stereocenters. The number of nitrogens with one attached hydrogen (secondary N) is 1. The van der Waals surface area contributed by atoms with Gasteiger partial charge in [0.05, 0.1) is 24.6 Å². The Hall–Kier alpha value is -3.67. The summed E-state index contributed by atoms with van der Waals surface area (Å²) in [5.74, 6) is 0.136. The number of hydrogen-bond acceptors (Lipinski definition) is 4. The number of benzene rings is 2. The first-order valence-electron chi connectivity index (χ1n) is 10.3. The number of allylic oxidation sites excluding steroid dienone is 2. The van der Waals surface area contributed by atoms with Gasteiger partial charge in [0.25, 0.3) is 0 Å². The molecule has 1 heterocycles. The van der Waals surface area contributed by atoms with Gasteiger partial charge >= 0.3 is 0 Å². The Labute approximate surface area is 180 Å². The van der Waals surface area contributed by atoms with E-state index in [1.54, 1.807) is 55.7 Å². The van der Waals surface area contributed by atoms with E-state index >= 15 is 0 Å². The molecule has 31 heavy (non-hydrogen) atoms. The standard InChI is InChI=1S/C25H22N2O4/c1-31-20-10-8-18(9-11-20)26-21(28)12-5-15-3-2-4-19(13-15)27-24(29)22-16-6-7-17(14-16)23(22)25(27)30/h2-13,16-17,22-23H,14H2,1H3,(H,26,28)/b12-5+/t16-,17-,22-,23+/m1/s1. The number of nitrogens with zero attached hydrogens (tertiary/aromatic N) is 1. The van der Waals surface area contributed by atoms with Gasteiger partial charge in [-0.1, -0.05) is 24.3 Å². The van der Waals surface area contributed by atoms with Gasteiger partial charge in [-0.3, -0.25) is 14.4 Å². The summed E-state index contributed by atoms with van der Waals surface area (Å²) in [7, 11) is 1.58. The fraction of sp³-hybridized carbons (Fsp3) is 0.240. The van der Waals surface area contributed by atoms with Crippen molar-refractivity contribution in [2.24, 2.45) is 23.7 Å². The third-order valence-corrected chi connectivity index (χ3v) is 6.38. The second kappa shape index (κ2) is 7.54. The molecule has 0 aromatic heterocycles. The van der Waals surface area contributed by atoms with Gasteiger partial charge < -0.3 is 10.1 Å². The largest absolute Gasteiger partial charge is 0.497 e. The molecule has 3 aliphatic rings. The van der Waals surface area contributed by atoms with Crippen molar-refractivity contribution in [3.8, 4) is 5.75 Å². The van der Waals surface area contributed by atoms with Crippen LogP contribution in [0, 0.1) is 23.7 Å². The molecule has 2 aliphatic carbocycles. The van der Waals surface area contributed by atoms with Crippen LogP contribution in [0.5, 0.6) is 5.75 Å².